The molecule has 0 spiro atoms. The zero-order valence-corrected chi connectivity index (χ0v) is 13.3. The number of unbranched alkanes of at least 4 members (excludes halogenated alkanes) is 3. The molecule has 0 aromatic heterocycles. The summed E-state index contributed by atoms with van der Waals surface area (Å²) < 4.78 is 0. The molecule has 0 aliphatic carbocycles. The molecule has 0 radical (unpaired) electrons. The third-order valence-corrected chi connectivity index (χ3v) is 3.76. The average Bonchev–Trinajstić information content (AvgIpc) is 2.23. The van der Waals surface area contributed by atoms with E-state index < -0.39 is 0 Å². The predicted octanol–water partition coefficient (Wildman–Crippen LogP) is 5.62. The second-order valence-corrected chi connectivity index (χ2v) is 6.88. The summed E-state index contributed by atoms with van der Waals surface area (Å²) in [7, 11) is 0. The predicted molar refractivity (Wildman–Crippen MR) is 80.8 cm³/mol. The van der Waals surface area contributed by atoms with E-state index in [0.717, 1.165) is 12.7 Å². The van der Waals surface area contributed by atoms with Crippen LogP contribution in [-0.4, -0.2) is 6.29 Å². The molecule has 0 fully saturated rings. The van der Waals surface area contributed by atoms with E-state index in [2.05, 4.69) is 34.6 Å². The quantitative estimate of drug-likeness (QED) is 0.345. The summed E-state index contributed by atoms with van der Waals surface area (Å²) in [5.74, 6) is 1.38. The second kappa shape index (κ2) is 9.58. The van der Waals surface area contributed by atoms with Crippen molar-refractivity contribution in [3.05, 3.63) is 0 Å². The van der Waals surface area contributed by atoms with E-state index in [9.17, 15) is 4.79 Å². The fourth-order valence-electron chi connectivity index (χ4n) is 3.39. The highest BCUT2D eigenvalue weighted by molar-refractivity contribution is 5.50. The molecule has 1 nitrogen and oxygen atoms in total. The van der Waals surface area contributed by atoms with Gasteiger partial charge < -0.3 is 4.79 Å². The van der Waals surface area contributed by atoms with Gasteiger partial charge in [0.15, 0.2) is 0 Å². The Hall–Kier alpha value is -0.330. The fraction of sp³-hybridized carbons (Fsp3) is 0.941. The lowest BCUT2D eigenvalue weighted by atomic mass is 9.69. The van der Waals surface area contributed by atoms with E-state index in [-0.39, 0.29) is 5.41 Å². The Bertz CT molecular complexity index is 196. The first-order chi connectivity index (χ1) is 8.45. The molecule has 18 heavy (non-hydrogen) atoms. The van der Waals surface area contributed by atoms with Crippen LogP contribution in [0.25, 0.3) is 0 Å². The van der Waals surface area contributed by atoms with E-state index in [4.69, 9.17) is 0 Å². The van der Waals surface area contributed by atoms with Gasteiger partial charge in [0.05, 0.1) is 0 Å². The van der Waals surface area contributed by atoms with Gasteiger partial charge in [0.1, 0.15) is 6.29 Å². The zero-order chi connectivity index (χ0) is 14.0. The van der Waals surface area contributed by atoms with Gasteiger partial charge in [0.25, 0.3) is 0 Å². The van der Waals surface area contributed by atoms with Crippen molar-refractivity contribution in [2.75, 3.05) is 0 Å². The first-order valence-corrected chi connectivity index (χ1v) is 7.89. The summed E-state index contributed by atoms with van der Waals surface area (Å²) in [6, 6.07) is 0. The van der Waals surface area contributed by atoms with Crippen LogP contribution in [0.5, 0.6) is 0 Å². The van der Waals surface area contributed by atoms with Crippen LogP contribution < -0.4 is 0 Å². The minimum Gasteiger partial charge on any atom is -0.303 e. The number of hydrogen-bond donors (Lipinski definition) is 0. The van der Waals surface area contributed by atoms with Crippen molar-refractivity contribution in [2.45, 2.75) is 86.0 Å². The summed E-state index contributed by atoms with van der Waals surface area (Å²) in [6.45, 7) is 11.4. The van der Waals surface area contributed by atoms with Crippen molar-refractivity contribution >= 4 is 6.29 Å². The largest absolute Gasteiger partial charge is 0.303 e. The molecule has 0 N–H and O–H groups in total. The maximum absolute atomic E-state index is 11.1. The van der Waals surface area contributed by atoms with E-state index in [1.54, 1.807) is 0 Å². The molecule has 0 atom stereocenters. The van der Waals surface area contributed by atoms with Gasteiger partial charge >= 0.3 is 0 Å². The topological polar surface area (TPSA) is 17.1 Å². The molecule has 108 valence electrons. The second-order valence-electron chi connectivity index (χ2n) is 6.88. The molecule has 0 unspecified atom stereocenters. The van der Waals surface area contributed by atoms with Gasteiger partial charge in [0.2, 0.25) is 0 Å². The van der Waals surface area contributed by atoms with Crippen molar-refractivity contribution in [2.24, 2.45) is 17.3 Å². The lowest BCUT2D eigenvalue weighted by Gasteiger charge is -2.36. The SMILES string of the molecule is CCCCCCC(CC=O)(CC(C)C)CC(C)C. The summed E-state index contributed by atoms with van der Waals surface area (Å²) in [5, 5.41) is 0. The molecule has 0 heterocycles. The number of aldehydes is 1. The van der Waals surface area contributed by atoms with Crippen LogP contribution in [0.3, 0.4) is 0 Å². The van der Waals surface area contributed by atoms with Crippen LogP contribution in [0.1, 0.15) is 86.0 Å². The lowest BCUT2D eigenvalue weighted by molar-refractivity contribution is -0.110. The molecule has 0 aromatic rings. The molecule has 0 aliphatic rings. The van der Waals surface area contributed by atoms with Crippen molar-refractivity contribution in [3.63, 3.8) is 0 Å². The smallest absolute Gasteiger partial charge is 0.120 e. The summed E-state index contributed by atoms with van der Waals surface area (Å²) in [6.07, 6.45) is 10.8. The molecule has 1 heteroatoms. The van der Waals surface area contributed by atoms with Gasteiger partial charge in [-0.3, -0.25) is 0 Å². The number of rotatable bonds is 11. The minimum absolute atomic E-state index is 0.276. The molecular formula is C17H34O. The normalized spacial score (nSPS) is 12.4. The Morgan fingerprint density at radius 2 is 1.50 bits per heavy atom. The fourth-order valence-corrected chi connectivity index (χ4v) is 3.39. The Morgan fingerprint density at radius 3 is 1.89 bits per heavy atom. The van der Waals surface area contributed by atoms with Crippen molar-refractivity contribution < 1.29 is 4.79 Å². The van der Waals surface area contributed by atoms with E-state index in [0.29, 0.717) is 11.8 Å². The maximum atomic E-state index is 11.1. The molecule has 0 amide bonds. The molecule has 0 aromatic carbocycles. The molecule has 0 aliphatic heterocycles. The van der Waals surface area contributed by atoms with Crippen LogP contribution in [0, 0.1) is 17.3 Å². The first kappa shape index (κ1) is 17.7. The molecule has 0 bridgehead atoms. The van der Waals surface area contributed by atoms with Gasteiger partial charge in [-0.15, -0.1) is 0 Å². The Kier molecular flexibility index (Phi) is 9.40. The highest BCUT2D eigenvalue weighted by Crippen LogP contribution is 2.41. The summed E-state index contributed by atoms with van der Waals surface area (Å²) in [5.41, 5.74) is 0.276. The monoisotopic (exact) mass is 254 g/mol. The van der Waals surface area contributed by atoms with Gasteiger partial charge in [-0.1, -0.05) is 60.3 Å². The molecular weight excluding hydrogens is 220 g/mol. The number of hydrogen-bond acceptors (Lipinski definition) is 1. The number of carbonyl (C=O) groups is 1. The third-order valence-electron chi connectivity index (χ3n) is 3.76. The maximum Gasteiger partial charge on any atom is 0.120 e. The van der Waals surface area contributed by atoms with E-state index in [1.807, 2.05) is 0 Å². The Labute approximate surface area is 115 Å². The van der Waals surface area contributed by atoms with Crippen LogP contribution in [-0.2, 0) is 4.79 Å². The van der Waals surface area contributed by atoms with Gasteiger partial charge in [0, 0.05) is 6.42 Å². The van der Waals surface area contributed by atoms with Crippen LogP contribution in [0.15, 0.2) is 0 Å². The Morgan fingerprint density at radius 1 is 0.944 bits per heavy atom. The van der Waals surface area contributed by atoms with Crippen LogP contribution >= 0.6 is 0 Å². The van der Waals surface area contributed by atoms with Crippen LogP contribution in [0.4, 0.5) is 0 Å². The van der Waals surface area contributed by atoms with Crippen molar-refractivity contribution in [3.8, 4) is 0 Å². The zero-order valence-electron chi connectivity index (χ0n) is 13.3. The van der Waals surface area contributed by atoms with Crippen molar-refractivity contribution in [1.82, 2.24) is 0 Å². The summed E-state index contributed by atoms with van der Waals surface area (Å²) in [4.78, 5) is 11.1. The Balaban J connectivity index is 4.54. The first-order valence-electron chi connectivity index (χ1n) is 7.89. The van der Waals surface area contributed by atoms with Gasteiger partial charge in [-0.25, -0.2) is 0 Å². The highest BCUT2D eigenvalue weighted by Gasteiger charge is 2.30. The highest BCUT2D eigenvalue weighted by atomic mass is 16.1. The lowest BCUT2D eigenvalue weighted by Crippen LogP contribution is -2.26. The molecule has 0 rings (SSSR count). The van der Waals surface area contributed by atoms with Gasteiger partial charge in [-0.05, 0) is 36.5 Å². The number of carbonyl (C=O) groups excluding carboxylic acids is 1. The molecule has 0 saturated carbocycles. The standard InChI is InChI=1S/C17H34O/c1-6-7-8-9-10-17(11-12-18,13-15(2)3)14-16(4)5/h12,15-16H,6-11,13-14H2,1-5H3. The average molecular weight is 254 g/mol. The minimum atomic E-state index is 0.276. The summed E-state index contributed by atoms with van der Waals surface area (Å²) >= 11 is 0. The van der Waals surface area contributed by atoms with Crippen molar-refractivity contribution in [1.29, 1.82) is 0 Å². The van der Waals surface area contributed by atoms with Gasteiger partial charge in [-0.2, -0.15) is 0 Å². The van der Waals surface area contributed by atoms with Crippen LogP contribution in [0.2, 0.25) is 0 Å². The molecule has 0 saturated heterocycles. The van der Waals surface area contributed by atoms with E-state index >= 15 is 0 Å². The third kappa shape index (κ3) is 7.89. The van der Waals surface area contributed by atoms with E-state index in [1.165, 1.54) is 44.9 Å².